The summed E-state index contributed by atoms with van der Waals surface area (Å²) in [5, 5.41) is 3.00. The topological polar surface area (TPSA) is 85.3 Å². The van der Waals surface area contributed by atoms with E-state index in [2.05, 4.69) is 21.6 Å². The molecule has 6 heteroatoms. The molecule has 0 aliphatic carbocycles. The third kappa shape index (κ3) is 3.96. The van der Waals surface area contributed by atoms with Gasteiger partial charge in [-0.3, -0.25) is 4.79 Å². The average molecular weight is 303 g/mol. The second kappa shape index (κ2) is 6.75. The zero-order valence-electron chi connectivity index (χ0n) is 10.9. The lowest BCUT2D eigenvalue weighted by Gasteiger charge is -2.07. The maximum absolute atomic E-state index is 12.0. The van der Waals surface area contributed by atoms with E-state index in [1.807, 2.05) is 0 Å². The number of anilines is 1. The molecule has 1 aromatic heterocycles. The second-order valence-electron chi connectivity index (χ2n) is 4.00. The highest BCUT2D eigenvalue weighted by atomic mass is 35.5. The molecule has 2 rings (SSSR count). The predicted molar refractivity (Wildman–Crippen MR) is 80.3 cm³/mol. The van der Waals surface area contributed by atoms with Gasteiger partial charge in [0.2, 0.25) is 0 Å². The van der Waals surface area contributed by atoms with Crippen LogP contribution in [0.5, 0.6) is 0 Å². The van der Waals surface area contributed by atoms with Crippen LogP contribution < -0.4 is 16.7 Å². The molecule has 0 spiro atoms. The first-order chi connectivity index (χ1) is 10.1. The first-order valence-electron chi connectivity index (χ1n) is 5.99. The molecule has 1 heterocycles. The smallest absolute Gasteiger partial charge is 0.335 e. The van der Waals surface area contributed by atoms with Crippen molar-refractivity contribution in [2.24, 2.45) is 5.73 Å². The Hall–Kier alpha value is -2.55. The van der Waals surface area contributed by atoms with Gasteiger partial charge in [-0.1, -0.05) is 23.4 Å². The zero-order chi connectivity index (χ0) is 15.2. The molecule has 5 nitrogen and oxygen atoms in total. The highest BCUT2D eigenvalue weighted by Crippen LogP contribution is 2.23. The summed E-state index contributed by atoms with van der Waals surface area (Å²) >= 11 is 6.03. The molecule has 0 atom stereocenters. The Morgan fingerprint density at radius 2 is 2.14 bits per heavy atom. The summed E-state index contributed by atoms with van der Waals surface area (Å²) in [6, 6.07) is 7.53. The molecule has 1 aromatic carbocycles. The highest BCUT2D eigenvalue weighted by molar-refractivity contribution is 6.34. The van der Waals surface area contributed by atoms with Crippen LogP contribution >= 0.6 is 11.6 Å². The third-order valence-corrected chi connectivity index (χ3v) is 2.84. The number of hydrogen-bond donors (Lipinski definition) is 2. The van der Waals surface area contributed by atoms with Crippen LogP contribution in [0.2, 0.25) is 5.02 Å². The number of carbonyl (C=O) groups excluding carboxylic acids is 1. The van der Waals surface area contributed by atoms with Crippen LogP contribution in [0.15, 0.2) is 45.8 Å². The van der Waals surface area contributed by atoms with E-state index in [0.717, 1.165) is 6.26 Å². The van der Waals surface area contributed by atoms with E-state index in [-0.39, 0.29) is 12.1 Å². The predicted octanol–water partition coefficient (Wildman–Crippen LogP) is 1.86. The number of rotatable bonds is 2. The lowest BCUT2D eigenvalue weighted by atomic mass is 10.2. The summed E-state index contributed by atoms with van der Waals surface area (Å²) in [5.41, 5.74) is 6.09. The van der Waals surface area contributed by atoms with Crippen molar-refractivity contribution in [3.05, 3.63) is 63.2 Å². The van der Waals surface area contributed by atoms with Crippen LogP contribution in [-0.2, 0) is 0 Å². The van der Waals surface area contributed by atoms with E-state index in [0.29, 0.717) is 16.3 Å². The van der Waals surface area contributed by atoms with E-state index in [4.69, 9.17) is 17.3 Å². The van der Waals surface area contributed by atoms with E-state index >= 15 is 0 Å². The van der Waals surface area contributed by atoms with Gasteiger partial charge in [-0.05, 0) is 24.3 Å². The molecule has 1 amide bonds. The van der Waals surface area contributed by atoms with E-state index in [1.54, 1.807) is 18.2 Å². The van der Waals surface area contributed by atoms with Crippen molar-refractivity contribution in [3.63, 3.8) is 0 Å². The largest absolute Gasteiger partial charge is 0.430 e. The summed E-state index contributed by atoms with van der Waals surface area (Å²) in [7, 11) is 0. The number of amides is 1. The van der Waals surface area contributed by atoms with E-state index < -0.39 is 11.5 Å². The molecular formula is C15H11ClN2O3. The van der Waals surface area contributed by atoms with Gasteiger partial charge in [-0.15, -0.1) is 0 Å². The maximum Gasteiger partial charge on any atom is 0.335 e. The second-order valence-corrected chi connectivity index (χ2v) is 4.41. The number of carbonyl (C=O) groups is 1. The molecule has 3 N–H and O–H groups in total. The molecule has 2 aromatic rings. The van der Waals surface area contributed by atoms with Gasteiger partial charge in [0.15, 0.2) is 0 Å². The number of benzene rings is 1. The number of halogens is 1. The monoisotopic (exact) mass is 302 g/mol. The van der Waals surface area contributed by atoms with Crippen LogP contribution in [0, 0.1) is 11.8 Å². The van der Waals surface area contributed by atoms with Crippen LogP contribution in [0.3, 0.4) is 0 Å². The van der Waals surface area contributed by atoms with E-state index in [9.17, 15) is 9.59 Å². The van der Waals surface area contributed by atoms with Crippen molar-refractivity contribution in [2.45, 2.75) is 0 Å². The van der Waals surface area contributed by atoms with Gasteiger partial charge in [-0.2, -0.15) is 0 Å². The Balaban J connectivity index is 2.24. The fourth-order valence-electron chi connectivity index (χ4n) is 1.53. The van der Waals surface area contributed by atoms with Gasteiger partial charge in [0.25, 0.3) is 5.91 Å². The Bertz CT molecular complexity index is 767. The molecule has 0 fully saturated rings. The molecule has 0 aliphatic rings. The van der Waals surface area contributed by atoms with Gasteiger partial charge < -0.3 is 15.5 Å². The van der Waals surface area contributed by atoms with E-state index in [1.165, 1.54) is 12.1 Å². The molecule has 0 aliphatic heterocycles. The van der Waals surface area contributed by atoms with Crippen LogP contribution in [0.25, 0.3) is 0 Å². The molecule has 0 radical (unpaired) electrons. The summed E-state index contributed by atoms with van der Waals surface area (Å²) < 4.78 is 4.64. The van der Waals surface area contributed by atoms with Gasteiger partial charge in [-0.25, -0.2) is 4.79 Å². The summed E-state index contributed by atoms with van der Waals surface area (Å²) in [6.45, 7) is 0.243. The van der Waals surface area contributed by atoms with Gasteiger partial charge in [0.1, 0.15) is 6.26 Å². The fraction of sp³-hybridized carbons (Fsp3) is 0.0667. The Labute approximate surface area is 125 Å². The molecule has 0 saturated carbocycles. The SMILES string of the molecule is NCC#Cc1ccc(Cl)c(NC(=O)c2ccc(=O)oc2)c1. The number of hydrogen-bond acceptors (Lipinski definition) is 4. The van der Waals surface area contributed by atoms with Crippen molar-refractivity contribution >= 4 is 23.2 Å². The zero-order valence-corrected chi connectivity index (χ0v) is 11.6. The Morgan fingerprint density at radius 3 is 2.81 bits per heavy atom. The Kier molecular flexibility index (Phi) is 4.77. The van der Waals surface area contributed by atoms with Crippen molar-refractivity contribution in [1.29, 1.82) is 0 Å². The molecule has 0 bridgehead atoms. The van der Waals surface area contributed by atoms with Crippen molar-refractivity contribution in [2.75, 3.05) is 11.9 Å². The first-order valence-corrected chi connectivity index (χ1v) is 6.36. The minimum absolute atomic E-state index is 0.212. The van der Waals surface area contributed by atoms with Crippen LogP contribution in [0.1, 0.15) is 15.9 Å². The standard InChI is InChI=1S/C15H11ClN2O3/c16-12-5-3-10(2-1-7-17)8-13(12)18-15(20)11-4-6-14(19)21-9-11/h3-6,8-9H,7,17H2,(H,18,20). The molecule has 21 heavy (non-hydrogen) atoms. The first kappa shape index (κ1) is 14.9. The fourth-order valence-corrected chi connectivity index (χ4v) is 1.70. The van der Waals surface area contributed by atoms with Crippen molar-refractivity contribution in [3.8, 4) is 11.8 Å². The van der Waals surface area contributed by atoms with Gasteiger partial charge >= 0.3 is 5.63 Å². The van der Waals surface area contributed by atoms with Crippen LogP contribution in [0.4, 0.5) is 5.69 Å². The quantitative estimate of drug-likeness (QED) is 0.829. The van der Waals surface area contributed by atoms with Gasteiger partial charge in [0.05, 0.1) is 22.8 Å². The average Bonchev–Trinajstić information content (AvgIpc) is 2.48. The minimum Gasteiger partial charge on any atom is -0.430 e. The number of nitrogens with one attached hydrogen (secondary N) is 1. The Morgan fingerprint density at radius 1 is 1.33 bits per heavy atom. The lowest BCUT2D eigenvalue weighted by molar-refractivity contribution is 0.102. The summed E-state index contributed by atoms with van der Waals surface area (Å²) in [5.74, 6) is 5.12. The summed E-state index contributed by atoms with van der Waals surface area (Å²) in [4.78, 5) is 22.9. The molecule has 106 valence electrons. The van der Waals surface area contributed by atoms with Gasteiger partial charge in [0, 0.05) is 11.6 Å². The molecular weight excluding hydrogens is 292 g/mol. The highest BCUT2D eigenvalue weighted by Gasteiger charge is 2.09. The number of nitrogens with two attached hydrogens (primary N) is 1. The normalized spacial score (nSPS) is 9.62. The summed E-state index contributed by atoms with van der Waals surface area (Å²) in [6.07, 6.45) is 1.09. The molecule has 0 saturated heterocycles. The maximum atomic E-state index is 12.0. The van der Waals surface area contributed by atoms with Crippen molar-refractivity contribution < 1.29 is 9.21 Å². The molecule has 0 unspecified atom stereocenters. The van der Waals surface area contributed by atoms with Crippen LogP contribution in [-0.4, -0.2) is 12.5 Å². The minimum atomic E-state index is -0.524. The third-order valence-electron chi connectivity index (χ3n) is 2.51. The lowest BCUT2D eigenvalue weighted by Crippen LogP contribution is -2.13. The van der Waals surface area contributed by atoms with Crippen molar-refractivity contribution in [1.82, 2.24) is 0 Å².